The Morgan fingerprint density at radius 3 is 1.65 bits per heavy atom. The highest BCUT2D eigenvalue weighted by Crippen LogP contribution is 2.13. The molecule has 0 saturated heterocycles. The van der Waals surface area contributed by atoms with Crippen molar-refractivity contribution in [2.45, 2.75) is 12.8 Å². The molecule has 0 amide bonds. The van der Waals surface area contributed by atoms with Gasteiger partial charge in [-0.15, -0.1) is 0 Å². The van der Waals surface area contributed by atoms with Gasteiger partial charge in [-0.2, -0.15) is 0 Å². The molecule has 0 atom stereocenters. The van der Waals surface area contributed by atoms with Crippen LogP contribution in [0.25, 0.3) is 0 Å². The summed E-state index contributed by atoms with van der Waals surface area (Å²) in [5.41, 5.74) is 4.15. The second kappa shape index (κ2) is 9.48. The minimum Gasteiger partial charge on any atom is -0.0991 e. The van der Waals surface area contributed by atoms with Gasteiger partial charge in [0, 0.05) is 0 Å². The Balaban J connectivity index is 0.000000433. The molecule has 0 heterocycles. The lowest BCUT2D eigenvalue weighted by Gasteiger charge is -2.18. The maximum absolute atomic E-state index is 3.36. The molecule has 0 nitrogen and oxygen atoms in total. The zero-order valence-electron chi connectivity index (χ0n) is 13.6. The molecule has 23 heavy (non-hydrogen) atoms. The fraction of sp³-hybridized carbons (Fsp3) is 0.0909. The molecule has 1 aliphatic rings. The molecule has 0 saturated carbocycles. The van der Waals surface area contributed by atoms with E-state index in [0.29, 0.717) is 6.71 Å². The number of benzene rings is 2. The van der Waals surface area contributed by atoms with E-state index in [-0.39, 0.29) is 0 Å². The summed E-state index contributed by atoms with van der Waals surface area (Å²) < 4.78 is 0. The van der Waals surface area contributed by atoms with Gasteiger partial charge in [0.25, 0.3) is 0 Å². The van der Waals surface area contributed by atoms with Crippen LogP contribution in [0.15, 0.2) is 110 Å². The van der Waals surface area contributed by atoms with E-state index >= 15 is 0 Å². The Morgan fingerprint density at radius 2 is 1.26 bits per heavy atom. The third-order valence-corrected chi connectivity index (χ3v) is 3.79. The van der Waals surface area contributed by atoms with Gasteiger partial charge in [-0.25, -0.2) is 0 Å². The van der Waals surface area contributed by atoms with Crippen molar-refractivity contribution in [3.63, 3.8) is 0 Å². The molecular formula is C22H23B. The first-order valence-electron chi connectivity index (χ1n) is 8.06. The second-order valence-corrected chi connectivity index (χ2v) is 5.41. The van der Waals surface area contributed by atoms with Gasteiger partial charge < -0.3 is 0 Å². The highest BCUT2D eigenvalue weighted by atomic mass is 14.0. The third kappa shape index (κ3) is 5.00. The first kappa shape index (κ1) is 16.8. The fourth-order valence-corrected chi connectivity index (χ4v) is 2.72. The number of rotatable bonds is 4. The molecule has 0 aliphatic heterocycles. The van der Waals surface area contributed by atoms with Gasteiger partial charge in [0.1, 0.15) is 0 Å². The topological polar surface area (TPSA) is 0 Å². The lowest BCUT2D eigenvalue weighted by Crippen LogP contribution is -2.43. The Morgan fingerprint density at radius 1 is 0.739 bits per heavy atom. The van der Waals surface area contributed by atoms with Crippen LogP contribution in [-0.4, -0.2) is 6.71 Å². The summed E-state index contributed by atoms with van der Waals surface area (Å²) in [4.78, 5) is 0. The smallest absolute Gasteiger partial charge is 0.0991 e. The van der Waals surface area contributed by atoms with Crippen molar-refractivity contribution >= 4 is 17.6 Å². The lowest BCUT2D eigenvalue weighted by atomic mass is 9.36. The molecule has 0 fully saturated rings. The van der Waals surface area contributed by atoms with Crippen LogP contribution in [-0.2, 0) is 0 Å². The monoisotopic (exact) mass is 298 g/mol. The third-order valence-electron chi connectivity index (χ3n) is 3.79. The van der Waals surface area contributed by atoms with Crippen LogP contribution in [0.1, 0.15) is 12.8 Å². The first-order valence-corrected chi connectivity index (χ1v) is 8.06. The molecule has 3 rings (SSSR count). The minimum absolute atomic E-state index is 0.360. The standard InChI is InChI=1S/C18H17B.C4H6/c1-4-10-16(11-5-1)19(17-12-6-2-7-13-17)18-14-8-3-9-15-18;1-3-4-2/h1-2,4-8,10-15H,3,9H2;3-4H,1-2H2. The van der Waals surface area contributed by atoms with Gasteiger partial charge in [0.2, 0.25) is 6.71 Å². The average molecular weight is 298 g/mol. The summed E-state index contributed by atoms with van der Waals surface area (Å²) in [6.07, 6.45) is 12.6. The van der Waals surface area contributed by atoms with E-state index in [0.717, 1.165) is 6.42 Å². The van der Waals surface area contributed by atoms with E-state index < -0.39 is 0 Å². The number of hydrogen-bond acceptors (Lipinski definition) is 0. The van der Waals surface area contributed by atoms with Gasteiger partial charge in [0.15, 0.2) is 0 Å². The molecule has 114 valence electrons. The van der Waals surface area contributed by atoms with E-state index in [1.807, 2.05) is 0 Å². The Hall–Kier alpha value is -2.54. The number of hydrogen-bond donors (Lipinski definition) is 0. The summed E-state index contributed by atoms with van der Waals surface area (Å²) in [5, 5.41) is 0. The summed E-state index contributed by atoms with van der Waals surface area (Å²) >= 11 is 0. The Kier molecular flexibility index (Phi) is 6.93. The van der Waals surface area contributed by atoms with Crippen LogP contribution in [0.2, 0.25) is 0 Å². The number of allylic oxidation sites excluding steroid dienone is 6. The summed E-state index contributed by atoms with van der Waals surface area (Å²) in [7, 11) is 0. The molecule has 0 bridgehead atoms. The van der Waals surface area contributed by atoms with Crippen molar-refractivity contribution in [2.75, 3.05) is 0 Å². The molecule has 0 unspecified atom stereocenters. The van der Waals surface area contributed by atoms with E-state index in [1.165, 1.54) is 22.8 Å². The molecule has 1 aliphatic carbocycles. The van der Waals surface area contributed by atoms with Crippen molar-refractivity contribution in [1.29, 1.82) is 0 Å². The van der Waals surface area contributed by atoms with E-state index in [9.17, 15) is 0 Å². The van der Waals surface area contributed by atoms with E-state index in [4.69, 9.17) is 0 Å². The maximum Gasteiger partial charge on any atom is 0.240 e. The van der Waals surface area contributed by atoms with Crippen molar-refractivity contribution in [1.82, 2.24) is 0 Å². The average Bonchev–Trinajstić information content (AvgIpc) is 2.65. The summed E-state index contributed by atoms with van der Waals surface area (Å²) in [6.45, 7) is 7.08. The van der Waals surface area contributed by atoms with Gasteiger partial charge in [-0.05, 0) is 12.8 Å². The highest BCUT2D eigenvalue weighted by Gasteiger charge is 2.22. The second-order valence-electron chi connectivity index (χ2n) is 5.41. The van der Waals surface area contributed by atoms with Gasteiger partial charge in [-0.3, -0.25) is 0 Å². The lowest BCUT2D eigenvalue weighted by molar-refractivity contribution is 1.03. The predicted octanol–water partition coefficient (Wildman–Crippen LogP) is 4.47. The van der Waals surface area contributed by atoms with Gasteiger partial charge in [-0.1, -0.05) is 121 Å². The zero-order valence-corrected chi connectivity index (χ0v) is 13.6. The van der Waals surface area contributed by atoms with Crippen LogP contribution in [0, 0.1) is 0 Å². The van der Waals surface area contributed by atoms with Crippen molar-refractivity contribution in [3.8, 4) is 0 Å². The summed E-state index contributed by atoms with van der Waals surface area (Å²) in [5.74, 6) is 0. The van der Waals surface area contributed by atoms with Crippen LogP contribution in [0.5, 0.6) is 0 Å². The Bertz CT molecular complexity index is 620. The predicted molar refractivity (Wildman–Crippen MR) is 105 cm³/mol. The van der Waals surface area contributed by atoms with Crippen LogP contribution >= 0.6 is 0 Å². The van der Waals surface area contributed by atoms with Crippen molar-refractivity contribution in [2.24, 2.45) is 0 Å². The van der Waals surface area contributed by atoms with Crippen molar-refractivity contribution < 1.29 is 0 Å². The zero-order chi connectivity index (χ0) is 16.3. The maximum atomic E-state index is 3.36. The van der Waals surface area contributed by atoms with E-state index in [2.05, 4.69) is 92.0 Å². The quantitative estimate of drug-likeness (QED) is 0.577. The van der Waals surface area contributed by atoms with E-state index in [1.54, 1.807) is 12.2 Å². The summed E-state index contributed by atoms with van der Waals surface area (Å²) in [6, 6.07) is 21.5. The molecule has 0 radical (unpaired) electrons. The molecule has 2 aromatic rings. The fourth-order valence-electron chi connectivity index (χ4n) is 2.72. The highest BCUT2D eigenvalue weighted by molar-refractivity contribution is 6.91. The molecule has 0 spiro atoms. The van der Waals surface area contributed by atoms with Crippen molar-refractivity contribution in [3.05, 3.63) is 110 Å². The molecule has 0 N–H and O–H groups in total. The SMILES string of the molecule is C1=CC(B(c2ccccc2)c2ccccc2)=CCC1.C=CC=C. The van der Waals surface area contributed by atoms with Crippen LogP contribution in [0.3, 0.4) is 0 Å². The molecular weight excluding hydrogens is 275 g/mol. The normalized spacial score (nSPS) is 12.4. The molecule has 1 heteroatoms. The van der Waals surface area contributed by atoms with Crippen LogP contribution in [0.4, 0.5) is 0 Å². The van der Waals surface area contributed by atoms with Gasteiger partial charge in [0.05, 0.1) is 0 Å². The van der Waals surface area contributed by atoms with Crippen LogP contribution < -0.4 is 10.9 Å². The van der Waals surface area contributed by atoms with Gasteiger partial charge >= 0.3 is 0 Å². The molecule has 2 aromatic carbocycles. The molecule has 0 aromatic heterocycles. The Labute approximate surface area is 140 Å². The minimum atomic E-state index is 0.360. The first-order chi connectivity index (χ1) is 11.4. The largest absolute Gasteiger partial charge is 0.240 e.